The lowest BCUT2D eigenvalue weighted by molar-refractivity contribution is 0.289. The molecule has 2 rings (SSSR count). The second-order valence-electron chi connectivity index (χ2n) is 5.08. The van der Waals surface area contributed by atoms with Crippen LogP contribution in [0, 0.1) is 13.8 Å². The normalized spacial score (nSPS) is 13.1. The number of thiophene rings is 1. The van der Waals surface area contributed by atoms with Gasteiger partial charge in [0.25, 0.3) is 0 Å². The van der Waals surface area contributed by atoms with Crippen molar-refractivity contribution >= 4 is 11.3 Å². The van der Waals surface area contributed by atoms with Crippen LogP contribution in [-0.2, 0) is 6.54 Å². The highest BCUT2D eigenvalue weighted by Gasteiger charge is 2.14. The van der Waals surface area contributed by atoms with Crippen LogP contribution in [0.4, 0.5) is 0 Å². The van der Waals surface area contributed by atoms with E-state index in [9.17, 15) is 0 Å². The van der Waals surface area contributed by atoms with Crippen molar-refractivity contribution in [2.45, 2.75) is 26.4 Å². The molecule has 2 heterocycles. The number of hydrogen-bond acceptors (Lipinski definition) is 4. The Hall–Kier alpha value is -1.17. The molecule has 19 heavy (non-hydrogen) atoms. The van der Waals surface area contributed by atoms with Crippen molar-refractivity contribution in [1.82, 2.24) is 20.4 Å². The van der Waals surface area contributed by atoms with E-state index in [1.807, 2.05) is 6.92 Å². The summed E-state index contributed by atoms with van der Waals surface area (Å²) in [5.74, 6) is 0. The van der Waals surface area contributed by atoms with Crippen LogP contribution in [-0.4, -0.2) is 35.7 Å². The van der Waals surface area contributed by atoms with Crippen molar-refractivity contribution in [2.24, 2.45) is 0 Å². The average Bonchev–Trinajstić information content (AvgIpc) is 2.97. The molecular formula is C14H22N4S. The fourth-order valence-corrected chi connectivity index (χ4v) is 2.94. The van der Waals surface area contributed by atoms with Gasteiger partial charge in [-0.2, -0.15) is 16.4 Å². The number of rotatable bonds is 6. The molecule has 0 bridgehead atoms. The van der Waals surface area contributed by atoms with E-state index in [-0.39, 0.29) is 0 Å². The standard InChI is InChI=1S/C14H22N4S/c1-10-13(11(2)17-16-10)7-15-8-14(18(3)4)12-5-6-19-9-12/h5-6,9,14-15H,7-8H2,1-4H3,(H,16,17). The maximum absolute atomic E-state index is 4.23. The number of likely N-dealkylation sites (N-methyl/N-ethyl adjacent to an activating group) is 1. The maximum Gasteiger partial charge on any atom is 0.0638 e. The molecule has 4 nitrogen and oxygen atoms in total. The largest absolute Gasteiger partial charge is 0.311 e. The summed E-state index contributed by atoms with van der Waals surface area (Å²) in [6, 6.07) is 2.62. The molecule has 0 aliphatic heterocycles. The summed E-state index contributed by atoms with van der Waals surface area (Å²) < 4.78 is 0. The van der Waals surface area contributed by atoms with Crippen molar-refractivity contribution in [3.05, 3.63) is 39.3 Å². The molecule has 0 fully saturated rings. The van der Waals surface area contributed by atoms with Crippen molar-refractivity contribution in [2.75, 3.05) is 20.6 Å². The first-order chi connectivity index (χ1) is 9.09. The van der Waals surface area contributed by atoms with Crippen molar-refractivity contribution in [3.63, 3.8) is 0 Å². The third-order valence-corrected chi connectivity index (χ3v) is 4.17. The smallest absolute Gasteiger partial charge is 0.0638 e. The highest BCUT2D eigenvalue weighted by Crippen LogP contribution is 2.20. The van der Waals surface area contributed by atoms with E-state index in [0.29, 0.717) is 6.04 Å². The first-order valence-electron chi connectivity index (χ1n) is 6.49. The lowest BCUT2D eigenvalue weighted by Gasteiger charge is -2.24. The van der Waals surface area contributed by atoms with Crippen LogP contribution in [0.5, 0.6) is 0 Å². The van der Waals surface area contributed by atoms with Gasteiger partial charge in [-0.3, -0.25) is 5.10 Å². The molecule has 0 spiro atoms. The van der Waals surface area contributed by atoms with Crippen LogP contribution in [0.3, 0.4) is 0 Å². The fraction of sp³-hybridized carbons (Fsp3) is 0.500. The van der Waals surface area contributed by atoms with Crippen LogP contribution in [0.2, 0.25) is 0 Å². The maximum atomic E-state index is 4.23. The second-order valence-corrected chi connectivity index (χ2v) is 5.86. The monoisotopic (exact) mass is 278 g/mol. The molecule has 0 saturated heterocycles. The van der Waals surface area contributed by atoms with Gasteiger partial charge in [0.1, 0.15) is 0 Å². The molecule has 0 aliphatic rings. The van der Waals surface area contributed by atoms with Crippen LogP contribution in [0.1, 0.15) is 28.6 Å². The van der Waals surface area contributed by atoms with Crippen molar-refractivity contribution in [3.8, 4) is 0 Å². The van der Waals surface area contributed by atoms with E-state index in [2.05, 4.69) is 58.3 Å². The summed E-state index contributed by atoms with van der Waals surface area (Å²) in [6.07, 6.45) is 0. The Balaban J connectivity index is 1.94. The number of aryl methyl sites for hydroxylation is 2. The summed E-state index contributed by atoms with van der Waals surface area (Å²) >= 11 is 1.75. The Labute approximate surface area is 118 Å². The molecule has 0 radical (unpaired) electrons. The first kappa shape index (κ1) is 14.2. The lowest BCUT2D eigenvalue weighted by Crippen LogP contribution is -2.30. The van der Waals surface area contributed by atoms with Crippen LogP contribution < -0.4 is 5.32 Å². The fourth-order valence-electron chi connectivity index (χ4n) is 2.23. The topological polar surface area (TPSA) is 44.0 Å². The second kappa shape index (κ2) is 6.32. The SMILES string of the molecule is Cc1n[nH]c(C)c1CNCC(c1ccsc1)N(C)C. The average molecular weight is 278 g/mol. The third kappa shape index (κ3) is 3.43. The molecule has 1 atom stereocenters. The Morgan fingerprint density at radius 3 is 2.74 bits per heavy atom. The van der Waals surface area contributed by atoms with Crippen LogP contribution >= 0.6 is 11.3 Å². The van der Waals surface area contributed by atoms with Gasteiger partial charge in [0.15, 0.2) is 0 Å². The third-order valence-electron chi connectivity index (χ3n) is 3.47. The number of aromatic amines is 1. The minimum atomic E-state index is 0.416. The van der Waals surface area contributed by atoms with Gasteiger partial charge >= 0.3 is 0 Å². The molecule has 104 valence electrons. The van der Waals surface area contributed by atoms with Gasteiger partial charge in [-0.05, 0) is 50.3 Å². The van der Waals surface area contributed by atoms with Crippen molar-refractivity contribution < 1.29 is 0 Å². The molecule has 0 saturated carbocycles. The van der Waals surface area contributed by atoms with E-state index < -0.39 is 0 Å². The Morgan fingerprint density at radius 1 is 1.42 bits per heavy atom. The highest BCUT2D eigenvalue weighted by molar-refractivity contribution is 7.07. The zero-order valence-electron chi connectivity index (χ0n) is 12.0. The number of nitrogens with one attached hydrogen (secondary N) is 2. The number of H-pyrrole nitrogens is 1. The van der Waals surface area contributed by atoms with Gasteiger partial charge in [-0.25, -0.2) is 0 Å². The zero-order chi connectivity index (χ0) is 13.8. The summed E-state index contributed by atoms with van der Waals surface area (Å²) in [4.78, 5) is 2.25. The molecular weight excluding hydrogens is 256 g/mol. The molecule has 1 unspecified atom stereocenters. The molecule has 0 aliphatic carbocycles. The van der Waals surface area contributed by atoms with E-state index in [1.54, 1.807) is 11.3 Å². The van der Waals surface area contributed by atoms with Gasteiger partial charge in [-0.15, -0.1) is 0 Å². The van der Waals surface area contributed by atoms with E-state index in [4.69, 9.17) is 0 Å². The van der Waals surface area contributed by atoms with Gasteiger partial charge < -0.3 is 10.2 Å². The molecule has 2 aromatic rings. The van der Waals surface area contributed by atoms with Gasteiger partial charge in [-0.1, -0.05) is 0 Å². The molecule has 5 heteroatoms. The first-order valence-corrected chi connectivity index (χ1v) is 7.43. The summed E-state index contributed by atoms with van der Waals surface area (Å²) in [6.45, 7) is 5.92. The van der Waals surface area contributed by atoms with Crippen LogP contribution in [0.25, 0.3) is 0 Å². The van der Waals surface area contributed by atoms with Gasteiger partial charge in [0.2, 0.25) is 0 Å². The van der Waals surface area contributed by atoms with Crippen LogP contribution in [0.15, 0.2) is 16.8 Å². The van der Waals surface area contributed by atoms with Gasteiger partial charge in [0, 0.05) is 30.4 Å². The lowest BCUT2D eigenvalue weighted by atomic mass is 10.1. The summed E-state index contributed by atoms with van der Waals surface area (Å²) in [5.41, 5.74) is 4.90. The Bertz CT molecular complexity index is 482. The summed E-state index contributed by atoms with van der Waals surface area (Å²) in [5, 5.41) is 15.2. The quantitative estimate of drug-likeness (QED) is 0.853. The molecule has 2 N–H and O–H groups in total. The number of aromatic nitrogens is 2. The predicted octanol–water partition coefficient (Wildman–Crippen LogP) is 2.48. The van der Waals surface area contributed by atoms with Crippen molar-refractivity contribution in [1.29, 1.82) is 0 Å². The highest BCUT2D eigenvalue weighted by atomic mass is 32.1. The van der Waals surface area contributed by atoms with E-state index in [0.717, 1.165) is 24.5 Å². The van der Waals surface area contributed by atoms with E-state index in [1.165, 1.54) is 11.1 Å². The molecule has 0 amide bonds. The minimum Gasteiger partial charge on any atom is -0.311 e. The zero-order valence-corrected chi connectivity index (χ0v) is 12.8. The summed E-state index contributed by atoms with van der Waals surface area (Å²) in [7, 11) is 4.25. The molecule has 0 aromatic carbocycles. The number of hydrogen-bond donors (Lipinski definition) is 2. The Morgan fingerprint density at radius 2 is 2.21 bits per heavy atom. The van der Waals surface area contributed by atoms with E-state index >= 15 is 0 Å². The predicted molar refractivity (Wildman–Crippen MR) is 80.5 cm³/mol. The number of nitrogens with zero attached hydrogens (tertiary/aromatic N) is 2. The Kier molecular flexibility index (Phi) is 4.74. The molecule has 2 aromatic heterocycles. The van der Waals surface area contributed by atoms with Gasteiger partial charge in [0.05, 0.1) is 5.69 Å². The minimum absolute atomic E-state index is 0.416.